The largest absolute Gasteiger partial charge is 0.455 e. The van der Waals surface area contributed by atoms with Crippen molar-refractivity contribution in [2.24, 2.45) is 5.92 Å². The van der Waals surface area contributed by atoms with Gasteiger partial charge in [-0.25, -0.2) is 0 Å². The first-order valence-electron chi connectivity index (χ1n) is 16.6. The molecule has 0 saturated heterocycles. The molecule has 0 aliphatic rings. The zero-order chi connectivity index (χ0) is 29.8. The minimum atomic E-state index is -0.542. The van der Waals surface area contributed by atoms with Crippen LogP contribution in [0.3, 0.4) is 0 Å². The minimum Gasteiger partial charge on any atom is -0.455 e. The van der Waals surface area contributed by atoms with E-state index in [-0.39, 0.29) is 11.9 Å². The molecule has 0 N–H and O–H groups in total. The van der Waals surface area contributed by atoms with Gasteiger partial charge in [0.1, 0.15) is 12.3 Å². The summed E-state index contributed by atoms with van der Waals surface area (Å²) in [6.45, 7) is 8.19. The molecule has 230 valence electrons. The number of hydrogen-bond acceptors (Lipinski definition) is 3. The molecular weight excluding hydrogens is 506 g/mol. The number of carbonyl (C=O) groups excluding carboxylic acids is 1. The predicted molar refractivity (Wildman–Crippen MR) is 173 cm³/mol. The molecule has 0 fully saturated rings. The van der Waals surface area contributed by atoms with Gasteiger partial charge in [0.25, 0.3) is 0 Å². The highest BCUT2D eigenvalue weighted by Crippen LogP contribution is 2.20. The summed E-state index contributed by atoms with van der Waals surface area (Å²) in [6, 6.07) is 18.9. The van der Waals surface area contributed by atoms with Gasteiger partial charge in [-0.15, -0.1) is 0 Å². The summed E-state index contributed by atoms with van der Waals surface area (Å²) in [5, 5.41) is 0. The molecule has 4 nitrogen and oxygen atoms in total. The van der Waals surface area contributed by atoms with Gasteiger partial charge in [0.15, 0.2) is 0 Å². The van der Waals surface area contributed by atoms with Gasteiger partial charge in [0.2, 0.25) is 6.29 Å². The SMILES string of the molecule is CCCCCCCCCCCCCc1ccc(OC(CCC)OC(=O)C(C)CC[N+](C)(C)Cc2ccccc2)cc1. The summed E-state index contributed by atoms with van der Waals surface area (Å²) >= 11 is 0. The quantitative estimate of drug-likeness (QED) is 0.0581. The summed E-state index contributed by atoms with van der Waals surface area (Å²) in [7, 11) is 4.43. The van der Waals surface area contributed by atoms with Gasteiger partial charge in [0.05, 0.1) is 26.6 Å². The van der Waals surface area contributed by atoms with E-state index in [0.29, 0.717) is 6.42 Å². The molecule has 2 atom stereocenters. The van der Waals surface area contributed by atoms with E-state index in [1.807, 2.05) is 25.1 Å². The van der Waals surface area contributed by atoms with Crippen molar-refractivity contribution in [3.05, 3.63) is 65.7 Å². The van der Waals surface area contributed by atoms with Crippen molar-refractivity contribution in [2.45, 2.75) is 130 Å². The van der Waals surface area contributed by atoms with Crippen molar-refractivity contribution in [2.75, 3.05) is 20.6 Å². The summed E-state index contributed by atoms with van der Waals surface area (Å²) in [6.07, 6.45) is 18.0. The maximum absolute atomic E-state index is 12.9. The molecule has 41 heavy (non-hydrogen) atoms. The van der Waals surface area contributed by atoms with Crippen LogP contribution in [-0.4, -0.2) is 37.4 Å². The lowest BCUT2D eigenvalue weighted by Gasteiger charge is -2.31. The Kier molecular flexibility index (Phi) is 17.5. The molecule has 4 heteroatoms. The molecule has 0 saturated carbocycles. The third-order valence-corrected chi connectivity index (χ3v) is 8.06. The Hall–Kier alpha value is -2.33. The maximum Gasteiger partial charge on any atom is 0.311 e. The Morgan fingerprint density at radius 1 is 0.707 bits per heavy atom. The van der Waals surface area contributed by atoms with Crippen molar-refractivity contribution < 1.29 is 18.8 Å². The Labute approximate surface area is 252 Å². The average Bonchev–Trinajstić information content (AvgIpc) is 2.96. The van der Waals surface area contributed by atoms with Crippen LogP contribution in [0.15, 0.2) is 54.6 Å². The lowest BCUT2D eigenvalue weighted by Crippen LogP contribution is -2.41. The topological polar surface area (TPSA) is 35.5 Å². The summed E-state index contributed by atoms with van der Waals surface area (Å²) in [5.74, 6) is 0.433. The van der Waals surface area contributed by atoms with Crippen LogP contribution in [0.5, 0.6) is 5.75 Å². The highest BCUT2D eigenvalue weighted by molar-refractivity contribution is 5.72. The molecular formula is C37H60NO3+. The summed E-state index contributed by atoms with van der Waals surface area (Å²) < 4.78 is 12.8. The fourth-order valence-electron chi connectivity index (χ4n) is 5.32. The van der Waals surface area contributed by atoms with Gasteiger partial charge in [-0.3, -0.25) is 4.79 Å². The first kappa shape index (κ1) is 34.9. The molecule has 0 bridgehead atoms. The van der Waals surface area contributed by atoms with Crippen molar-refractivity contribution in [1.29, 1.82) is 0 Å². The van der Waals surface area contributed by atoms with Crippen LogP contribution in [-0.2, 0) is 22.5 Å². The molecule has 0 amide bonds. The number of ether oxygens (including phenoxy) is 2. The van der Waals surface area contributed by atoms with Crippen molar-refractivity contribution >= 4 is 5.97 Å². The zero-order valence-corrected chi connectivity index (χ0v) is 27.0. The van der Waals surface area contributed by atoms with E-state index in [4.69, 9.17) is 9.47 Å². The fraction of sp³-hybridized carbons (Fsp3) is 0.649. The Bertz CT molecular complexity index is 925. The normalized spacial score (nSPS) is 13.1. The van der Waals surface area contributed by atoms with Gasteiger partial charge >= 0.3 is 5.97 Å². The molecule has 0 radical (unpaired) electrons. The summed E-state index contributed by atoms with van der Waals surface area (Å²) in [5.41, 5.74) is 2.66. The molecule has 2 aromatic rings. The van der Waals surface area contributed by atoms with Crippen LogP contribution < -0.4 is 4.74 Å². The van der Waals surface area contributed by atoms with E-state index in [9.17, 15) is 4.79 Å². The zero-order valence-electron chi connectivity index (χ0n) is 27.0. The number of benzene rings is 2. The van der Waals surface area contributed by atoms with E-state index in [1.54, 1.807) is 0 Å². The Morgan fingerprint density at radius 3 is 1.88 bits per heavy atom. The molecule has 0 spiro atoms. The van der Waals surface area contributed by atoms with Gasteiger partial charge < -0.3 is 14.0 Å². The highest BCUT2D eigenvalue weighted by Gasteiger charge is 2.24. The van der Waals surface area contributed by atoms with Crippen LogP contribution in [0.1, 0.15) is 122 Å². The number of nitrogens with zero attached hydrogens (tertiary/aromatic N) is 1. The average molecular weight is 567 g/mol. The number of unbranched alkanes of at least 4 members (excludes halogenated alkanes) is 10. The molecule has 0 heterocycles. The monoisotopic (exact) mass is 566 g/mol. The molecule has 2 unspecified atom stereocenters. The molecule has 0 aromatic heterocycles. The lowest BCUT2D eigenvalue weighted by molar-refractivity contribution is -0.904. The molecule has 0 aliphatic heterocycles. The Morgan fingerprint density at radius 2 is 1.29 bits per heavy atom. The number of quaternary nitrogens is 1. The number of rotatable bonds is 23. The number of aryl methyl sites for hydroxylation is 1. The Balaban J connectivity index is 1.67. The molecule has 2 rings (SSSR count). The van der Waals surface area contributed by atoms with E-state index in [2.05, 4.69) is 64.3 Å². The van der Waals surface area contributed by atoms with Crippen molar-refractivity contribution in [1.82, 2.24) is 0 Å². The van der Waals surface area contributed by atoms with Gasteiger partial charge in [0, 0.05) is 18.4 Å². The van der Waals surface area contributed by atoms with Crippen LogP contribution in [0.25, 0.3) is 0 Å². The first-order valence-corrected chi connectivity index (χ1v) is 16.6. The van der Waals surface area contributed by atoms with Crippen molar-refractivity contribution in [3.63, 3.8) is 0 Å². The highest BCUT2D eigenvalue weighted by atomic mass is 16.7. The smallest absolute Gasteiger partial charge is 0.311 e. The van der Waals surface area contributed by atoms with Gasteiger partial charge in [-0.1, -0.05) is 127 Å². The third kappa shape index (κ3) is 16.0. The van der Waals surface area contributed by atoms with Crippen LogP contribution in [0.4, 0.5) is 0 Å². The molecule has 2 aromatic carbocycles. The third-order valence-electron chi connectivity index (χ3n) is 8.06. The first-order chi connectivity index (χ1) is 19.8. The standard InChI is InChI=1S/C37H60NO3/c1-6-8-9-10-11-12-13-14-15-16-18-22-33-25-27-35(28-26-33)40-36(21-7-2)41-37(39)32(3)29-30-38(4,5)31-34-23-19-17-20-24-34/h17,19-20,23-28,32,36H,6-16,18,21-22,29-31H2,1-5H3/q+1. The van der Waals surface area contributed by atoms with E-state index >= 15 is 0 Å². The van der Waals surface area contributed by atoms with E-state index in [0.717, 1.165) is 42.6 Å². The second kappa shape index (κ2) is 20.5. The summed E-state index contributed by atoms with van der Waals surface area (Å²) in [4.78, 5) is 12.9. The van der Waals surface area contributed by atoms with Crippen molar-refractivity contribution in [3.8, 4) is 5.75 Å². The number of carbonyl (C=O) groups is 1. The van der Waals surface area contributed by atoms with Crippen LogP contribution >= 0.6 is 0 Å². The number of esters is 1. The second-order valence-corrected chi connectivity index (χ2v) is 12.7. The van der Waals surface area contributed by atoms with Gasteiger partial charge in [-0.05, 0) is 37.0 Å². The second-order valence-electron chi connectivity index (χ2n) is 12.7. The number of hydrogen-bond donors (Lipinski definition) is 0. The predicted octanol–water partition coefficient (Wildman–Crippen LogP) is 9.89. The van der Waals surface area contributed by atoms with Crippen LogP contribution in [0, 0.1) is 5.92 Å². The fourth-order valence-corrected chi connectivity index (χ4v) is 5.32. The van der Waals surface area contributed by atoms with Gasteiger partial charge in [-0.2, -0.15) is 0 Å². The van der Waals surface area contributed by atoms with Crippen LogP contribution in [0.2, 0.25) is 0 Å². The minimum absolute atomic E-state index is 0.167. The van der Waals surface area contributed by atoms with E-state index in [1.165, 1.54) is 81.8 Å². The molecule has 0 aliphatic carbocycles. The lowest BCUT2D eigenvalue weighted by atomic mass is 10.0. The maximum atomic E-state index is 12.9. The van der Waals surface area contributed by atoms with E-state index < -0.39 is 6.29 Å².